The summed E-state index contributed by atoms with van der Waals surface area (Å²) in [5.74, 6) is 0.190. The highest BCUT2D eigenvalue weighted by Crippen LogP contribution is 2.42. The molecule has 136 valence electrons. The lowest BCUT2D eigenvalue weighted by Crippen LogP contribution is -2.11. The van der Waals surface area contributed by atoms with Crippen LogP contribution in [0.4, 0.5) is 0 Å². The van der Waals surface area contributed by atoms with Crippen LogP contribution in [0.1, 0.15) is 75.5 Å². The predicted octanol–water partition coefficient (Wildman–Crippen LogP) is 5.01. The van der Waals surface area contributed by atoms with Gasteiger partial charge in [-0.15, -0.1) is 0 Å². The van der Waals surface area contributed by atoms with Gasteiger partial charge in [0.25, 0.3) is 0 Å². The van der Waals surface area contributed by atoms with Crippen LogP contribution in [0.5, 0.6) is 0 Å². The van der Waals surface area contributed by atoms with Gasteiger partial charge in [0.15, 0.2) is 5.58 Å². The first kappa shape index (κ1) is 17.0. The zero-order chi connectivity index (χ0) is 18.3. The van der Waals surface area contributed by atoms with Gasteiger partial charge in [-0.2, -0.15) is 0 Å². The van der Waals surface area contributed by atoms with Crippen LogP contribution in [0.25, 0.3) is 21.9 Å². The van der Waals surface area contributed by atoms with Crippen molar-refractivity contribution in [2.24, 2.45) is 0 Å². The third-order valence-corrected chi connectivity index (χ3v) is 5.73. The van der Waals surface area contributed by atoms with E-state index >= 15 is 0 Å². The monoisotopic (exact) mass is 352 g/mol. The van der Waals surface area contributed by atoms with Crippen molar-refractivity contribution in [1.29, 1.82) is 0 Å². The second-order valence-corrected chi connectivity index (χ2v) is 7.56. The Bertz CT molecular complexity index is 976. The summed E-state index contributed by atoms with van der Waals surface area (Å²) in [4.78, 5) is 27.1. The molecule has 1 aliphatic rings. The van der Waals surface area contributed by atoms with Gasteiger partial charge in [0, 0.05) is 29.1 Å². The summed E-state index contributed by atoms with van der Waals surface area (Å²) < 4.78 is 5.81. The normalized spacial score (nSPS) is 16.5. The molecule has 0 aliphatic heterocycles. The average molecular weight is 352 g/mol. The number of carbonyl (C=O) groups excluding carboxylic acids is 2. The number of Topliss-reactive ketones (excluding diaryl/α,β-unsaturated/α-hetero) is 2. The van der Waals surface area contributed by atoms with Gasteiger partial charge in [-0.1, -0.05) is 18.0 Å². The number of H-pyrrole nitrogens is 1. The molecule has 0 saturated heterocycles. The molecule has 0 spiro atoms. The highest BCUT2D eigenvalue weighted by atomic mass is 16.5. The van der Waals surface area contributed by atoms with Crippen molar-refractivity contribution in [2.75, 3.05) is 0 Å². The Morgan fingerprint density at radius 3 is 2.77 bits per heavy atom. The summed E-state index contributed by atoms with van der Waals surface area (Å²) in [5, 5.41) is 6.31. The number of nitrogens with zero attached hydrogens (tertiary/aromatic N) is 1. The summed E-state index contributed by atoms with van der Waals surface area (Å²) >= 11 is 0. The quantitative estimate of drug-likeness (QED) is 0.676. The Balaban J connectivity index is 1.90. The van der Waals surface area contributed by atoms with Crippen molar-refractivity contribution >= 4 is 33.4 Å². The summed E-state index contributed by atoms with van der Waals surface area (Å²) in [7, 11) is 0. The van der Waals surface area contributed by atoms with E-state index < -0.39 is 5.92 Å². The van der Waals surface area contributed by atoms with Crippen molar-refractivity contribution in [2.45, 2.75) is 64.2 Å². The summed E-state index contributed by atoms with van der Waals surface area (Å²) in [5.41, 5.74) is 3.74. The molecular weight excluding hydrogens is 328 g/mol. The first-order valence-electron chi connectivity index (χ1n) is 9.45. The van der Waals surface area contributed by atoms with Gasteiger partial charge in [-0.25, -0.2) is 0 Å². The molecule has 4 rings (SSSR count). The number of rotatable bonds is 6. The fraction of sp³-hybridized carbons (Fsp3) is 0.476. The van der Waals surface area contributed by atoms with E-state index in [0.29, 0.717) is 24.5 Å². The van der Waals surface area contributed by atoms with E-state index in [2.05, 4.69) is 16.2 Å². The van der Waals surface area contributed by atoms with E-state index in [1.54, 1.807) is 13.8 Å². The molecule has 5 heteroatoms. The number of aromatic amines is 1. The molecule has 1 unspecified atom stereocenters. The molecule has 5 nitrogen and oxygen atoms in total. The highest BCUT2D eigenvalue weighted by Gasteiger charge is 2.29. The number of fused-ring (bicyclic) bond motifs is 3. The minimum absolute atomic E-state index is 0.0244. The number of aromatic nitrogens is 2. The number of carbonyl (C=O) groups is 2. The maximum Gasteiger partial charge on any atom is 0.171 e. The second-order valence-electron chi connectivity index (χ2n) is 7.56. The van der Waals surface area contributed by atoms with Crippen LogP contribution in [-0.2, 0) is 9.59 Å². The van der Waals surface area contributed by atoms with E-state index in [0.717, 1.165) is 34.7 Å². The van der Waals surface area contributed by atoms with E-state index in [1.165, 1.54) is 18.4 Å². The molecule has 1 aliphatic carbocycles. The third-order valence-electron chi connectivity index (χ3n) is 5.73. The number of hydrogen-bond acceptors (Lipinski definition) is 4. The predicted molar refractivity (Wildman–Crippen MR) is 100 cm³/mol. The molecule has 1 N–H and O–H groups in total. The molecule has 0 radical (unpaired) electrons. The number of hydrogen-bond donors (Lipinski definition) is 1. The smallest absolute Gasteiger partial charge is 0.171 e. The number of ketones is 2. The van der Waals surface area contributed by atoms with Crippen LogP contribution in [-0.4, -0.2) is 21.7 Å². The molecule has 1 saturated carbocycles. The van der Waals surface area contributed by atoms with Gasteiger partial charge in [-0.05, 0) is 51.2 Å². The average Bonchev–Trinajstić information content (AvgIpc) is 3.33. The standard InChI is InChI=1S/C21H24N2O3/c1-12(24)7-8-15(13(2)25)20-19-16-9-10-22-18(16)11-17(21(19)26-23-20)14-5-3-4-6-14/h9-11,14-15,22H,3-8H2,1-2H3. The molecule has 2 aromatic heterocycles. The van der Waals surface area contributed by atoms with Crippen molar-refractivity contribution in [3.8, 4) is 0 Å². The zero-order valence-electron chi connectivity index (χ0n) is 15.3. The Hall–Kier alpha value is -2.43. The van der Waals surface area contributed by atoms with Crippen molar-refractivity contribution in [3.05, 3.63) is 29.6 Å². The van der Waals surface area contributed by atoms with Gasteiger partial charge < -0.3 is 14.3 Å². The number of nitrogens with one attached hydrogen (secondary N) is 1. The lowest BCUT2D eigenvalue weighted by molar-refractivity contribution is -0.119. The lowest BCUT2D eigenvalue weighted by Gasteiger charge is -2.12. The van der Waals surface area contributed by atoms with Gasteiger partial charge in [-0.3, -0.25) is 4.79 Å². The minimum atomic E-state index is -0.405. The van der Waals surface area contributed by atoms with Gasteiger partial charge in [0.05, 0.1) is 11.3 Å². The fourth-order valence-electron chi connectivity index (χ4n) is 4.36. The first-order chi connectivity index (χ1) is 12.6. The Morgan fingerprint density at radius 2 is 2.08 bits per heavy atom. The summed E-state index contributed by atoms with van der Waals surface area (Å²) in [6.07, 6.45) is 7.57. The molecule has 0 amide bonds. The molecule has 2 heterocycles. The van der Waals surface area contributed by atoms with Crippen LogP contribution in [0.2, 0.25) is 0 Å². The van der Waals surface area contributed by atoms with E-state index in [9.17, 15) is 9.59 Å². The summed E-state index contributed by atoms with van der Waals surface area (Å²) in [6.45, 7) is 3.13. The van der Waals surface area contributed by atoms with E-state index in [4.69, 9.17) is 4.52 Å². The van der Waals surface area contributed by atoms with Crippen LogP contribution in [0.3, 0.4) is 0 Å². The maximum absolute atomic E-state index is 12.3. The second kappa shape index (κ2) is 6.71. The van der Waals surface area contributed by atoms with Crippen molar-refractivity contribution < 1.29 is 14.1 Å². The highest BCUT2D eigenvalue weighted by molar-refractivity contribution is 6.09. The lowest BCUT2D eigenvalue weighted by atomic mass is 9.89. The Morgan fingerprint density at radius 1 is 1.31 bits per heavy atom. The molecule has 1 aromatic carbocycles. The first-order valence-corrected chi connectivity index (χ1v) is 9.45. The summed E-state index contributed by atoms with van der Waals surface area (Å²) in [6, 6.07) is 4.19. The SMILES string of the molecule is CC(=O)CCC(C(C)=O)c1noc2c(C3CCCC3)cc3[nH]ccc3c12. The maximum atomic E-state index is 12.3. The topological polar surface area (TPSA) is 76.0 Å². The van der Waals surface area contributed by atoms with Crippen molar-refractivity contribution in [1.82, 2.24) is 10.1 Å². The van der Waals surface area contributed by atoms with Gasteiger partial charge >= 0.3 is 0 Å². The van der Waals surface area contributed by atoms with E-state index in [1.807, 2.05) is 12.3 Å². The van der Waals surface area contributed by atoms with Crippen LogP contribution < -0.4 is 0 Å². The minimum Gasteiger partial charge on any atom is -0.361 e. The Kier molecular flexibility index (Phi) is 4.39. The third kappa shape index (κ3) is 2.85. The van der Waals surface area contributed by atoms with Gasteiger partial charge in [0.2, 0.25) is 0 Å². The van der Waals surface area contributed by atoms with Crippen LogP contribution in [0, 0.1) is 0 Å². The molecule has 26 heavy (non-hydrogen) atoms. The molecule has 0 bridgehead atoms. The van der Waals surface area contributed by atoms with Gasteiger partial charge in [0.1, 0.15) is 17.3 Å². The molecule has 1 atom stereocenters. The van der Waals surface area contributed by atoms with Crippen molar-refractivity contribution in [3.63, 3.8) is 0 Å². The largest absolute Gasteiger partial charge is 0.361 e. The molecule has 1 fully saturated rings. The van der Waals surface area contributed by atoms with E-state index in [-0.39, 0.29) is 11.6 Å². The van der Waals surface area contributed by atoms with Crippen LogP contribution >= 0.6 is 0 Å². The molecular formula is C21H24N2O3. The zero-order valence-corrected chi connectivity index (χ0v) is 15.3. The number of benzene rings is 1. The van der Waals surface area contributed by atoms with Crippen LogP contribution in [0.15, 0.2) is 22.9 Å². The molecule has 3 aromatic rings. The fourth-order valence-corrected chi connectivity index (χ4v) is 4.36. The Labute approximate surface area is 152 Å².